The van der Waals surface area contributed by atoms with Gasteiger partial charge in [0.25, 0.3) is 5.91 Å². The number of ether oxygens (including phenoxy) is 1. The van der Waals surface area contributed by atoms with Crippen LogP contribution in [0.1, 0.15) is 23.3 Å². The summed E-state index contributed by atoms with van der Waals surface area (Å²) in [6, 6.07) is 9.28. The monoisotopic (exact) mass is 309 g/mol. The molecule has 1 aliphatic heterocycles. The number of carbonyl (C=O) groups is 1. The molecule has 23 heavy (non-hydrogen) atoms. The number of fused-ring (bicyclic) bond motifs is 1. The number of amides is 1. The molecule has 1 aliphatic carbocycles. The van der Waals surface area contributed by atoms with Crippen molar-refractivity contribution >= 4 is 5.91 Å². The summed E-state index contributed by atoms with van der Waals surface area (Å²) in [6.45, 7) is 1.57. The van der Waals surface area contributed by atoms with Crippen molar-refractivity contribution in [2.45, 2.75) is 18.9 Å². The molecule has 0 spiro atoms. The molecule has 0 N–H and O–H groups in total. The number of carbonyl (C=O) groups excluding carboxylic acids is 1. The first-order valence-electron chi connectivity index (χ1n) is 8.08. The Labute approximate surface area is 135 Å². The zero-order valence-corrected chi connectivity index (χ0v) is 12.8. The number of hydrogen-bond acceptors (Lipinski definition) is 4. The summed E-state index contributed by atoms with van der Waals surface area (Å²) in [7, 11) is 0. The van der Waals surface area contributed by atoms with Crippen molar-refractivity contribution in [3.05, 3.63) is 54.6 Å². The third-order valence-electron chi connectivity index (χ3n) is 4.88. The number of nitrogens with zero attached hydrogens (tertiary/aromatic N) is 3. The highest BCUT2D eigenvalue weighted by Gasteiger charge is 2.45. The van der Waals surface area contributed by atoms with E-state index in [9.17, 15) is 4.79 Å². The molecule has 0 bridgehead atoms. The molecule has 5 heteroatoms. The average molecular weight is 309 g/mol. The Hall–Kier alpha value is -2.43. The number of pyridine rings is 2. The van der Waals surface area contributed by atoms with E-state index >= 15 is 0 Å². The van der Waals surface area contributed by atoms with Gasteiger partial charge in [0.1, 0.15) is 17.5 Å². The minimum absolute atomic E-state index is 0.0279. The predicted molar refractivity (Wildman–Crippen MR) is 85.0 cm³/mol. The van der Waals surface area contributed by atoms with Gasteiger partial charge in [0.15, 0.2) is 0 Å². The molecule has 1 amide bonds. The lowest BCUT2D eigenvalue weighted by molar-refractivity contribution is 0.0756. The van der Waals surface area contributed by atoms with Gasteiger partial charge in [0.2, 0.25) is 0 Å². The molecule has 0 unspecified atom stereocenters. The van der Waals surface area contributed by atoms with Gasteiger partial charge in [-0.15, -0.1) is 0 Å². The minimum atomic E-state index is 0.0279. The largest absolute Gasteiger partial charge is 0.488 e. The van der Waals surface area contributed by atoms with E-state index in [4.69, 9.17) is 4.74 Å². The normalized spacial score (nSPS) is 26.1. The molecule has 3 atom stereocenters. The molecular weight excluding hydrogens is 290 g/mol. The Balaban J connectivity index is 1.44. The number of aromatic nitrogens is 2. The van der Waals surface area contributed by atoms with Crippen LogP contribution in [0.3, 0.4) is 0 Å². The molecule has 1 saturated carbocycles. The highest BCUT2D eigenvalue weighted by atomic mass is 16.5. The summed E-state index contributed by atoms with van der Waals surface area (Å²) < 4.78 is 6.11. The van der Waals surface area contributed by atoms with E-state index in [1.54, 1.807) is 24.7 Å². The van der Waals surface area contributed by atoms with E-state index in [1.165, 1.54) is 0 Å². The van der Waals surface area contributed by atoms with Crippen molar-refractivity contribution in [3.63, 3.8) is 0 Å². The van der Waals surface area contributed by atoms with Gasteiger partial charge in [-0.1, -0.05) is 6.07 Å². The Kier molecular flexibility index (Phi) is 3.69. The summed E-state index contributed by atoms with van der Waals surface area (Å²) >= 11 is 0. The van der Waals surface area contributed by atoms with Crippen LogP contribution in [0.25, 0.3) is 0 Å². The molecule has 5 nitrogen and oxygen atoms in total. The Bertz CT molecular complexity index is 677. The standard InChI is InChI=1S/C18H19N3O2/c22-18(16-5-1-2-9-20-16)21-11-13-6-7-17(15(13)12-21)23-14-4-3-8-19-10-14/h1-5,8-10,13,15,17H,6-7,11-12H2/t13-,15+,17+/m1/s1. The molecule has 0 radical (unpaired) electrons. The van der Waals surface area contributed by atoms with E-state index < -0.39 is 0 Å². The molecule has 118 valence electrons. The minimum Gasteiger partial charge on any atom is -0.488 e. The van der Waals surface area contributed by atoms with Gasteiger partial charge in [-0.3, -0.25) is 14.8 Å². The molecule has 2 aliphatic rings. The first-order chi connectivity index (χ1) is 11.3. The lowest BCUT2D eigenvalue weighted by atomic mass is 9.99. The van der Waals surface area contributed by atoms with Crippen molar-refractivity contribution in [2.24, 2.45) is 11.8 Å². The summed E-state index contributed by atoms with van der Waals surface area (Å²) in [5, 5.41) is 0. The van der Waals surface area contributed by atoms with Crippen LogP contribution in [0.2, 0.25) is 0 Å². The van der Waals surface area contributed by atoms with Crippen molar-refractivity contribution in [2.75, 3.05) is 13.1 Å². The van der Waals surface area contributed by atoms with Gasteiger partial charge in [-0.2, -0.15) is 0 Å². The van der Waals surface area contributed by atoms with Gasteiger partial charge in [0.05, 0.1) is 6.20 Å². The fourth-order valence-corrected chi connectivity index (χ4v) is 3.77. The fourth-order valence-electron chi connectivity index (χ4n) is 3.77. The summed E-state index contributed by atoms with van der Waals surface area (Å²) in [5.41, 5.74) is 0.525. The molecule has 2 aromatic heterocycles. The number of rotatable bonds is 3. The van der Waals surface area contributed by atoms with Crippen molar-refractivity contribution < 1.29 is 9.53 Å². The molecule has 0 aromatic carbocycles. The van der Waals surface area contributed by atoms with Gasteiger partial charge >= 0.3 is 0 Å². The first kappa shape index (κ1) is 14.2. The Morgan fingerprint density at radius 1 is 1.13 bits per heavy atom. The third-order valence-corrected chi connectivity index (χ3v) is 4.88. The molecule has 2 fully saturated rings. The summed E-state index contributed by atoms with van der Waals surface area (Å²) in [5.74, 6) is 1.78. The van der Waals surface area contributed by atoms with E-state index in [2.05, 4.69) is 9.97 Å². The van der Waals surface area contributed by atoms with E-state index in [1.807, 2.05) is 29.2 Å². The van der Waals surface area contributed by atoms with E-state index in [0.29, 0.717) is 17.5 Å². The van der Waals surface area contributed by atoms with Crippen molar-refractivity contribution in [1.29, 1.82) is 0 Å². The third kappa shape index (κ3) is 2.79. The zero-order chi connectivity index (χ0) is 15.6. The predicted octanol–water partition coefficient (Wildman–Crippen LogP) is 2.41. The van der Waals surface area contributed by atoms with Crippen LogP contribution >= 0.6 is 0 Å². The second kappa shape index (κ2) is 5.99. The smallest absolute Gasteiger partial charge is 0.272 e. The number of hydrogen-bond donors (Lipinski definition) is 0. The van der Waals surface area contributed by atoms with E-state index in [0.717, 1.165) is 31.7 Å². The zero-order valence-electron chi connectivity index (χ0n) is 12.8. The lowest BCUT2D eigenvalue weighted by Crippen LogP contribution is -2.32. The summed E-state index contributed by atoms with van der Waals surface area (Å²) in [6.07, 6.45) is 7.49. The van der Waals surface area contributed by atoms with Gasteiger partial charge in [0, 0.05) is 31.4 Å². The Morgan fingerprint density at radius 3 is 2.87 bits per heavy atom. The lowest BCUT2D eigenvalue weighted by Gasteiger charge is -2.21. The maximum absolute atomic E-state index is 12.6. The van der Waals surface area contributed by atoms with Gasteiger partial charge in [-0.25, -0.2) is 0 Å². The SMILES string of the molecule is O=C(c1ccccn1)N1C[C@H]2CC[C@H](Oc3cccnc3)[C@H]2C1. The highest BCUT2D eigenvalue weighted by molar-refractivity contribution is 5.92. The van der Waals surface area contributed by atoms with Crippen LogP contribution in [0.4, 0.5) is 0 Å². The van der Waals surface area contributed by atoms with Crippen molar-refractivity contribution in [1.82, 2.24) is 14.9 Å². The quantitative estimate of drug-likeness (QED) is 0.873. The second-order valence-corrected chi connectivity index (χ2v) is 6.27. The fraction of sp³-hybridized carbons (Fsp3) is 0.389. The molecule has 3 heterocycles. The van der Waals surface area contributed by atoms with Gasteiger partial charge < -0.3 is 9.64 Å². The van der Waals surface area contributed by atoms with E-state index in [-0.39, 0.29) is 12.0 Å². The topological polar surface area (TPSA) is 55.3 Å². The van der Waals surface area contributed by atoms with Gasteiger partial charge in [-0.05, 0) is 43.0 Å². The Morgan fingerprint density at radius 2 is 2.09 bits per heavy atom. The van der Waals surface area contributed by atoms with Crippen LogP contribution in [0, 0.1) is 11.8 Å². The van der Waals surface area contributed by atoms with Crippen LogP contribution in [0.15, 0.2) is 48.9 Å². The van der Waals surface area contributed by atoms with Crippen LogP contribution in [-0.4, -0.2) is 40.0 Å². The van der Waals surface area contributed by atoms with Crippen LogP contribution in [-0.2, 0) is 0 Å². The van der Waals surface area contributed by atoms with Crippen LogP contribution < -0.4 is 4.74 Å². The number of likely N-dealkylation sites (tertiary alicyclic amines) is 1. The second-order valence-electron chi connectivity index (χ2n) is 6.27. The van der Waals surface area contributed by atoms with Crippen LogP contribution in [0.5, 0.6) is 5.75 Å². The first-order valence-corrected chi connectivity index (χ1v) is 8.08. The average Bonchev–Trinajstić information content (AvgIpc) is 3.18. The molecule has 4 rings (SSSR count). The summed E-state index contributed by atoms with van der Waals surface area (Å²) in [4.78, 5) is 22.8. The van der Waals surface area contributed by atoms with Crippen molar-refractivity contribution in [3.8, 4) is 5.75 Å². The highest BCUT2D eigenvalue weighted by Crippen LogP contribution is 2.40. The molecule has 2 aromatic rings. The maximum Gasteiger partial charge on any atom is 0.272 e. The maximum atomic E-state index is 12.6. The molecular formula is C18H19N3O2. The molecule has 1 saturated heterocycles.